The number of likely N-dealkylation sites (N-methyl/N-ethyl adjacent to an activating group) is 1. The number of likely N-dealkylation sites (tertiary alicyclic amines) is 1. The van der Waals surface area contributed by atoms with E-state index in [0.29, 0.717) is 12.1 Å². The zero-order valence-corrected chi connectivity index (χ0v) is 21.4. The first kappa shape index (κ1) is 22.6. The summed E-state index contributed by atoms with van der Waals surface area (Å²) in [4.78, 5) is 20.3. The highest BCUT2D eigenvalue weighted by Gasteiger charge is 2.23. The van der Waals surface area contributed by atoms with E-state index in [1.54, 1.807) is 0 Å². The first-order valence-corrected chi connectivity index (χ1v) is 12.9. The van der Waals surface area contributed by atoms with Crippen LogP contribution in [0.3, 0.4) is 0 Å². The van der Waals surface area contributed by atoms with Crippen LogP contribution in [0.15, 0.2) is 34.9 Å². The van der Waals surface area contributed by atoms with Crippen molar-refractivity contribution in [2.75, 3.05) is 56.5 Å². The molecular weight excluding hydrogens is 478 g/mol. The van der Waals surface area contributed by atoms with Crippen LogP contribution in [0.5, 0.6) is 0 Å². The van der Waals surface area contributed by atoms with Gasteiger partial charge in [-0.2, -0.15) is 0 Å². The maximum Gasteiger partial charge on any atom is 0.180 e. The normalized spacial score (nSPS) is 19.0. The van der Waals surface area contributed by atoms with Crippen LogP contribution in [0.1, 0.15) is 26.7 Å². The monoisotopic (exact) mass is 511 g/mol. The molecule has 2 aromatic heterocycles. The molecule has 7 nitrogen and oxygen atoms in total. The number of hydrogen-bond donors (Lipinski definition) is 2. The van der Waals surface area contributed by atoms with Crippen LogP contribution >= 0.6 is 15.9 Å². The number of benzene rings is 1. The van der Waals surface area contributed by atoms with Gasteiger partial charge in [0, 0.05) is 68.8 Å². The van der Waals surface area contributed by atoms with Gasteiger partial charge in [0.05, 0.1) is 10.2 Å². The maximum absolute atomic E-state index is 4.81. The van der Waals surface area contributed by atoms with E-state index in [4.69, 9.17) is 4.98 Å². The molecule has 0 unspecified atom stereocenters. The summed E-state index contributed by atoms with van der Waals surface area (Å²) < 4.78 is 0.974. The van der Waals surface area contributed by atoms with Gasteiger partial charge in [-0.15, -0.1) is 0 Å². The highest BCUT2D eigenvalue weighted by molar-refractivity contribution is 9.10. The summed E-state index contributed by atoms with van der Waals surface area (Å²) in [5.41, 5.74) is 5.14. The average molecular weight is 513 g/mol. The van der Waals surface area contributed by atoms with Crippen LogP contribution in [-0.4, -0.2) is 83.2 Å². The molecule has 0 spiro atoms. The van der Waals surface area contributed by atoms with Crippen molar-refractivity contribution >= 4 is 38.5 Å². The smallest absolute Gasteiger partial charge is 0.180 e. The first-order chi connectivity index (χ1) is 16.0. The Morgan fingerprint density at radius 3 is 2.39 bits per heavy atom. The molecule has 2 saturated heterocycles. The van der Waals surface area contributed by atoms with Crippen molar-refractivity contribution in [2.45, 2.75) is 38.8 Å². The summed E-state index contributed by atoms with van der Waals surface area (Å²) in [6, 6.07) is 9.81. The number of rotatable bonds is 5. The molecule has 33 heavy (non-hydrogen) atoms. The number of piperidine rings is 1. The van der Waals surface area contributed by atoms with E-state index >= 15 is 0 Å². The van der Waals surface area contributed by atoms with Crippen LogP contribution in [0.4, 0.5) is 11.4 Å². The van der Waals surface area contributed by atoms with Gasteiger partial charge in [-0.25, -0.2) is 9.97 Å². The summed E-state index contributed by atoms with van der Waals surface area (Å²) >= 11 is 3.71. The van der Waals surface area contributed by atoms with Crippen LogP contribution in [0.2, 0.25) is 0 Å². The van der Waals surface area contributed by atoms with Gasteiger partial charge in [-0.3, -0.25) is 0 Å². The minimum Gasteiger partial charge on any atom is -0.379 e. The predicted molar refractivity (Wildman–Crippen MR) is 140 cm³/mol. The summed E-state index contributed by atoms with van der Waals surface area (Å²) in [7, 11) is 2.19. The number of nitrogens with zero attached hydrogens (tertiary/aromatic N) is 5. The Labute approximate surface area is 204 Å². The van der Waals surface area contributed by atoms with Gasteiger partial charge in [0.2, 0.25) is 0 Å². The number of H-pyrrole nitrogens is 1. The van der Waals surface area contributed by atoms with Crippen LogP contribution in [-0.2, 0) is 0 Å². The Morgan fingerprint density at radius 1 is 1.03 bits per heavy atom. The highest BCUT2D eigenvalue weighted by Crippen LogP contribution is 2.33. The Hall–Kier alpha value is -2.16. The third kappa shape index (κ3) is 4.88. The SMILES string of the molecule is CC(C)N1CCC(Nc2c(Br)cnc3nc(-c4ccc(N5CCN(C)CC5)cc4)[nH]c23)CC1. The number of aromatic nitrogens is 3. The summed E-state index contributed by atoms with van der Waals surface area (Å²) in [5, 5.41) is 3.78. The van der Waals surface area contributed by atoms with Crippen molar-refractivity contribution in [1.29, 1.82) is 0 Å². The number of hydrogen-bond acceptors (Lipinski definition) is 6. The summed E-state index contributed by atoms with van der Waals surface area (Å²) in [5.74, 6) is 0.859. The Morgan fingerprint density at radius 2 is 1.73 bits per heavy atom. The van der Waals surface area contributed by atoms with E-state index in [0.717, 1.165) is 84.8 Å². The van der Waals surface area contributed by atoms with Crippen molar-refractivity contribution < 1.29 is 0 Å². The van der Waals surface area contributed by atoms with E-state index in [9.17, 15) is 0 Å². The highest BCUT2D eigenvalue weighted by atomic mass is 79.9. The van der Waals surface area contributed by atoms with Gasteiger partial charge < -0.3 is 25.0 Å². The van der Waals surface area contributed by atoms with Crippen LogP contribution in [0, 0.1) is 0 Å². The molecule has 3 aromatic rings. The van der Waals surface area contributed by atoms with Gasteiger partial charge in [-0.05, 0) is 73.9 Å². The van der Waals surface area contributed by atoms with Crippen molar-refractivity contribution in [2.24, 2.45) is 0 Å². The third-order valence-electron chi connectivity index (χ3n) is 7.09. The van der Waals surface area contributed by atoms with E-state index in [1.807, 2.05) is 6.20 Å². The van der Waals surface area contributed by atoms with Crippen molar-refractivity contribution in [1.82, 2.24) is 24.8 Å². The topological polar surface area (TPSA) is 63.3 Å². The minimum absolute atomic E-state index is 0.455. The molecule has 2 fully saturated rings. The van der Waals surface area contributed by atoms with Crippen molar-refractivity contribution in [3.8, 4) is 11.4 Å². The van der Waals surface area contributed by atoms with Crippen LogP contribution < -0.4 is 10.2 Å². The van der Waals surface area contributed by atoms with Gasteiger partial charge in [0.15, 0.2) is 5.65 Å². The number of fused-ring (bicyclic) bond motifs is 1. The number of pyridine rings is 1. The lowest BCUT2D eigenvalue weighted by Gasteiger charge is -2.35. The van der Waals surface area contributed by atoms with Gasteiger partial charge in [-0.1, -0.05) is 0 Å². The molecule has 0 saturated carbocycles. The van der Waals surface area contributed by atoms with E-state index in [1.165, 1.54) is 5.69 Å². The second kappa shape index (κ2) is 9.60. The number of piperazine rings is 1. The molecule has 0 bridgehead atoms. The van der Waals surface area contributed by atoms with Gasteiger partial charge in [0.25, 0.3) is 0 Å². The molecule has 2 N–H and O–H groups in total. The standard InChI is InChI=1S/C25H34BrN7/c1-17(2)32-10-8-19(9-11-32)28-22-21(26)16-27-25-23(22)29-24(30-25)18-4-6-20(7-5-18)33-14-12-31(3)13-15-33/h4-7,16-17,19H,8-15H2,1-3H3,(H2,27,28,29,30). The fourth-order valence-electron chi connectivity index (χ4n) is 4.87. The number of aromatic amines is 1. The Bertz CT molecular complexity index is 1080. The molecule has 2 aliphatic heterocycles. The lowest BCUT2D eigenvalue weighted by molar-refractivity contribution is 0.177. The molecule has 0 atom stereocenters. The zero-order chi connectivity index (χ0) is 22.9. The number of anilines is 2. The molecule has 8 heteroatoms. The Kier molecular flexibility index (Phi) is 6.58. The Balaban J connectivity index is 1.34. The van der Waals surface area contributed by atoms with Crippen molar-refractivity contribution in [3.05, 3.63) is 34.9 Å². The average Bonchev–Trinajstić information content (AvgIpc) is 3.27. The minimum atomic E-state index is 0.455. The molecule has 0 aliphatic carbocycles. The second-order valence-corrected chi connectivity index (χ2v) is 10.5. The van der Waals surface area contributed by atoms with Crippen LogP contribution in [0.25, 0.3) is 22.6 Å². The van der Waals surface area contributed by atoms with Gasteiger partial charge >= 0.3 is 0 Å². The molecule has 0 radical (unpaired) electrons. The molecule has 1 aromatic carbocycles. The molecule has 0 amide bonds. The fourth-order valence-corrected chi connectivity index (χ4v) is 5.29. The molecule has 5 rings (SSSR count). The largest absolute Gasteiger partial charge is 0.379 e. The van der Waals surface area contributed by atoms with Crippen molar-refractivity contribution in [3.63, 3.8) is 0 Å². The number of nitrogens with one attached hydrogen (secondary N) is 2. The predicted octanol–water partition coefficient (Wildman–Crippen LogP) is 4.42. The fraction of sp³-hybridized carbons (Fsp3) is 0.520. The zero-order valence-electron chi connectivity index (χ0n) is 19.8. The summed E-state index contributed by atoms with van der Waals surface area (Å²) in [6.45, 7) is 11.2. The lowest BCUT2D eigenvalue weighted by Crippen LogP contribution is -2.44. The van der Waals surface area contributed by atoms with E-state index in [-0.39, 0.29) is 0 Å². The summed E-state index contributed by atoms with van der Waals surface area (Å²) in [6.07, 6.45) is 4.14. The third-order valence-corrected chi connectivity index (χ3v) is 7.69. The number of halogens is 1. The number of imidazole rings is 1. The quantitative estimate of drug-likeness (QED) is 0.528. The molecule has 176 valence electrons. The maximum atomic E-state index is 4.81. The lowest BCUT2D eigenvalue weighted by atomic mass is 10.0. The molecule has 2 aliphatic rings. The molecule has 4 heterocycles. The van der Waals surface area contributed by atoms with Gasteiger partial charge in [0.1, 0.15) is 11.3 Å². The second-order valence-electron chi connectivity index (χ2n) is 9.65. The first-order valence-electron chi connectivity index (χ1n) is 12.1. The van der Waals surface area contributed by atoms with E-state index in [2.05, 4.69) is 91.1 Å². The molecular formula is C25H34BrN7. The van der Waals surface area contributed by atoms with E-state index < -0.39 is 0 Å².